The lowest BCUT2D eigenvalue weighted by atomic mass is 9.42. The van der Waals surface area contributed by atoms with Crippen LogP contribution in [-0.2, 0) is 20.8 Å². The highest BCUT2D eigenvalue weighted by molar-refractivity contribution is 5.79. The normalized spacial score (nSPS) is 32.6. The molecule has 268 valence electrons. The number of hydrogen-bond acceptors (Lipinski definition) is 6. The largest absolute Gasteiger partial charge is 0.493 e. The molecule has 0 spiro atoms. The van der Waals surface area contributed by atoms with Gasteiger partial charge in [-0.15, -0.1) is 0 Å². The Morgan fingerprint density at radius 1 is 0.812 bits per heavy atom. The van der Waals surface area contributed by atoms with Crippen molar-refractivity contribution in [3.63, 3.8) is 0 Å². The number of nitrogens with two attached hydrogens (primary N) is 2. The average Bonchev–Trinajstić information content (AvgIpc) is 3.34. The molecule has 8 atom stereocenters. The highest BCUT2D eigenvalue weighted by atomic mass is 16.5. The summed E-state index contributed by atoms with van der Waals surface area (Å²) in [5.41, 5.74) is 12.0. The van der Waals surface area contributed by atoms with Crippen LogP contribution in [0.1, 0.15) is 135 Å². The molecule has 1 unspecified atom stereocenters. The molecule has 0 radical (unpaired) electrons. The minimum absolute atomic E-state index is 0.0324. The summed E-state index contributed by atoms with van der Waals surface area (Å²) >= 11 is 0. The van der Waals surface area contributed by atoms with Crippen LogP contribution in [0.4, 0.5) is 0 Å². The van der Waals surface area contributed by atoms with Crippen LogP contribution in [0.5, 0.6) is 11.5 Å². The Morgan fingerprint density at radius 2 is 1.44 bits per heavy atom. The summed E-state index contributed by atoms with van der Waals surface area (Å²) in [7, 11) is 0. The minimum atomic E-state index is -0.261. The monoisotopic (exact) mass is 666 g/mol. The SMILES string of the molecule is C[C@]12CC[C@H]3[C@@H]([C@H](CCCc4cc(OCCCCCC(N)=O)cc(OCCCCCC(N)=O)c4)CC4CC(=O)CC[C@@]43C)[C@@H]1CC[C@@H]2O. The molecule has 4 aliphatic carbocycles. The van der Waals surface area contributed by atoms with E-state index in [-0.39, 0.29) is 28.7 Å². The summed E-state index contributed by atoms with van der Waals surface area (Å²) < 4.78 is 12.4. The number of ether oxygens (including phenoxy) is 2. The molecule has 0 saturated heterocycles. The smallest absolute Gasteiger partial charge is 0.217 e. The summed E-state index contributed by atoms with van der Waals surface area (Å²) in [6.07, 6.45) is 16.9. The molecule has 0 aliphatic heterocycles. The van der Waals surface area contributed by atoms with Gasteiger partial charge in [-0.3, -0.25) is 14.4 Å². The number of Topliss-reactive ketones (excluding diaryl/α,β-unsaturated/α-hetero) is 1. The molecule has 0 bridgehead atoms. The Bertz CT molecular complexity index is 1220. The predicted octanol–water partition coefficient (Wildman–Crippen LogP) is 7.06. The van der Waals surface area contributed by atoms with Crippen molar-refractivity contribution in [3.05, 3.63) is 23.8 Å². The number of fused-ring (bicyclic) bond motifs is 5. The van der Waals surface area contributed by atoms with E-state index in [0.717, 1.165) is 114 Å². The lowest BCUT2D eigenvalue weighted by molar-refractivity contribution is -0.156. The van der Waals surface area contributed by atoms with Crippen molar-refractivity contribution in [2.24, 2.45) is 51.9 Å². The highest BCUT2D eigenvalue weighted by Crippen LogP contribution is 2.67. The number of rotatable bonds is 18. The number of primary amides is 2. The molecule has 8 nitrogen and oxygen atoms in total. The third-order valence-corrected chi connectivity index (χ3v) is 13.3. The summed E-state index contributed by atoms with van der Waals surface area (Å²) in [5, 5.41) is 11.1. The molecule has 5 rings (SSSR count). The van der Waals surface area contributed by atoms with Gasteiger partial charge in [0.05, 0.1) is 19.3 Å². The topological polar surface area (TPSA) is 142 Å². The molecular formula is C40H62N2O6. The molecule has 0 heterocycles. The van der Waals surface area contributed by atoms with E-state index in [4.69, 9.17) is 20.9 Å². The standard InChI is InChI=1S/C40H62N2O6/c1-39-18-16-30(43)25-29(39)24-28(38-33-14-15-35(44)40(33,2)19-17-34(38)39)11-9-10-27-22-31(47-20-7-3-5-12-36(41)45)26-32(23-27)48-21-8-4-6-13-37(42)46/h22-23,26,28-29,33-35,38,44H,3-21,24-25H2,1-2H3,(H2,41,45)(H2,42,46)/t28-,29?,33+,34+,35+,38+,39+,40+/m1/s1. The quantitative estimate of drug-likeness (QED) is 0.143. The van der Waals surface area contributed by atoms with Crippen molar-refractivity contribution in [2.75, 3.05) is 13.2 Å². The molecule has 8 heteroatoms. The lowest BCUT2D eigenvalue weighted by Gasteiger charge is -2.62. The van der Waals surface area contributed by atoms with E-state index in [2.05, 4.69) is 26.0 Å². The molecule has 0 aromatic heterocycles. The van der Waals surface area contributed by atoms with E-state index in [1.54, 1.807) is 0 Å². The van der Waals surface area contributed by atoms with Crippen molar-refractivity contribution in [1.29, 1.82) is 0 Å². The van der Waals surface area contributed by atoms with Gasteiger partial charge in [-0.2, -0.15) is 0 Å². The first kappa shape index (κ1) is 36.7. The number of carbonyl (C=O) groups excluding carboxylic acids is 3. The molecule has 2 amide bonds. The maximum Gasteiger partial charge on any atom is 0.217 e. The average molecular weight is 667 g/mol. The fourth-order valence-corrected chi connectivity index (χ4v) is 10.5. The van der Waals surface area contributed by atoms with Crippen molar-refractivity contribution < 1.29 is 29.0 Å². The molecular weight excluding hydrogens is 604 g/mol. The first-order valence-electron chi connectivity index (χ1n) is 19.2. The van der Waals surface area contributed by atoms with Gasteiger partial charge < -0.3 is 26.0 Å². The van der Waals surface area contributed by atoms with Gasteiger partial charge in [-0.05, 0) is 154 Å². The van der Waals surface area contributed by atoms with Gasteiger partial charge in [-0.1, -0.05) is 13.8 Å². The van der Waals surface area contributed by atoms with E-state index < -0.39 is 0 Å². The van der Waals surface area contributed by atoms with Gasteiger partial charge in [-0.25, -0.2) is 0 Å². The lowest BCUT2D eigenvalue weighted by Crippen LogP contribution is -2.57. The summed E-state index contributed by atoms with van der Waals surface area (Å²) in [6.45, 7) is 6.02. The van der Waals surface area contributed by atoms with Crippen LogP contribution < -0.4 is 20.9 Å². The molecule has 1 aromatic carbocycles. The van der Waals surface area contributed by atoms with Crippen molar-refractivity contribution in [1.82, 2.24) is 0 Å². The molecule has 4 fully saturated rings. The molecule has 5 N–H and O–H groups in total. The van der Waals surface area contributed by atoms with Crippen LogP contribution >= 0.6 is 0 Å². The van der Waals surface area contributed by atoms with Crippen molar-refractivity contribution in [2.45, 2.75) is 142 Å². The van der Waals surface area contributed by atoms with E-state index in [9.17, 15) is 19.5 Å². The van der Waals surface area contributed by atoms with Gasteiger partial charge >= 0.3 is 0 Å². The number of benzene rings is 1. The third kappa shape index (κ3) is 8.75. The second kappa shape index (κ2) is 16.4. The maximum atomic E-state index is 12.7. The number of aliphatic hydroxyl groups is 1. The number of unbranched alkanes of at least 4 members (excludes halogenated alkanes) is 4. The maximum absolute atomic E-state index is 12.7. The molecule has 4 saturated carbocycles. The van der Waals surface area contributed by atoms with Crippen molar-refractivity contribution in [3.8, 4) is 11.5 Å². The Morgan fingerprint density at radius 3 is 2.06 bits per heavy atom. The van der Waals surface area contributed by atoms with Gasteiger partial charge in [0.15, 0.2) is 0 Å². The molecule has 4 aliphatic rings. The number of amides is 2. The summed E-state index contributed by atoms with van der Waals surface area (Å²) in [5.74, 6) is 4.49. The Hall–Kier alpha value is -2.61. The van der Waals surface area contributed by atoms with Gasteiger partial charge in [0.2, 0.25) is 11.8 Å². The summed E-state index contributed by atoms with van der Waals surface area (Å²) in [6, 6.07) is 6.26. The van der Waals surface area contributed by atoms with Gasteiger partial charge in [0, 0.05) is 31.7 Å². The number of carbonyl (C=O) groups is 3. The molecule has 48 heavy (non-hydrogen) atoms. The fourth-order valence-electron chi connectivity index (χ4n) is 10.5. The number of ketones is 1. The van der Waals surface area contributed by atoms with Gasteiger partial charge in [0.1, 0.15) is 17.3 Å². The zero-order valence-electron chi connectivity index (χ0n) is 29.7. The second-order valence-electron chi connectivity index (χ2n) is 16.3. The first-order valence-corrected chi connectivity index (χ1v) is 19.2. The van der Waals surface area contributed by atoms with Crippen LogP contribution in [0.15, 0.2) is 18.2 Å². The van der Waals surface area contributed by atoms with Crippen LogP contribution in [0.2, 0.25) is 0 Å². The predicted molar refractivity (Wildman–Crippen MR) is 187 cm³/mol. The third-order valence-electron chi connectivity index (χ3n) is 13.3. The zero-order chi connectivity index (χ0) is 34.3. The van der Waals surface area contributed by atoms with Crippen LogP contribution in [-0.4, -0.2) is 42.0 Å². The number of aliphatic hydroxyl groups excluding tert-OH is 1. The number of aryl methyl sites for hydroxylation is 1. The minimum Gasteiger partial charge on any atom is -0.493 e. The van der Waals surface area contributed by atoms with E-state index in [0.29, 0.717) is 61.4 Å². The van der Waals surface area contributed by atoms with Crippen molar-refractivity contribution >= 4 is 17.6 Å². The van der Waals surface area contributed by atoms with Crippen LogP contribution in [0.25, 0.3) is 0 Å². The molecule has 1 aromatic rings. The zero-order valence-corrected chi connectivity index (χ0v) is 29.7. The van der Waals surface area contributed by atoms with Crippen LogP contribution in [0, 0.1) is 40.4 Å². The summed E-state index contributed by atoms with van der Waals surface area (Å²) in [4.78, 5) is 34.8. The first-order chi connectivity index (χ1) is 23.0. The Balaban J connectivity index is 1.24. The fraction of sp³-hybridized carbons (Fsp3) is 0.775. The van der Waals surface area contributed by atoms with E-state index in [1.165, 1.54) is 12.0 Å². The Kier molecular flexibility index (Phi) is 12.5. The van der Waals surface area contributed by atoms with Crippen LogP contribution in [0.3, 0.4) is 0 Å². The Labute approximate surface area is 288 Å². The van der Waals surface area contributed by atoms with E-state index >= 15 is 0 Å². The number of hydrogen-bond donors (Lipinski definition) is 3. The van der Waals surface area contributed by atoms with E-state index in [1.807, 2.05) is 6.07 Å². The second-order valence-corrected chi connectivity index (χ2v) is 16.3. The highest BCUT2D eigenvalue weighted by Gasteiger charge is 2.62. The van der Waals surface area contributed by atoms with Gasteiger partial charge in [0.25, 0.3) is 0 Å².